The molecule has 146 valence electrons. The summed E-state index contributed by atoms with van der Waals surface area (Å²) >= 11 is 1.63. The van der Waals surface area contributed by atoms with E-state index in [1.54, 1.807) is 28.5 Å². The molecular formula is C21H25N5OS. The fourth-order valence-electron chi connectivity index (χ4n) is 3.64. The van der Waals surface area contributed by atoms with Gasteiger partial charge in [0.25, 0.3) is 5.91 Å². The van der Waals surface area contributed by atoms with Crippen LogP contribution in [-0.2, 0) is 12.8 Å². The number of pyridine rings is 1. The molecule has 0 aliphatic heterocycles. The van der Waals surface area contributed by atoms with Crippen LogP contribution in [0.5, 0.6) is 0 Å². The molecule has 0 atom stereocenters. The number of carbonyl (C=O) groups excluding carboxylic acids is 1. The van der Waals surface area contributed by atoms with Gasteiger partial charge in [-0.2, -0.15) is 5.10 Å². The first-order valence-electron chi connectivity index (χ1n) is 9.75. The average molecular weight is 396 g/mol. The van der Waals surface area contributed by atoms with Gasteiger partial charge in [-0.15, -0.1) is 17.9 Å². The van der Waals surface area contributed by atoms with Crippen molar-refractivity contribution in [2.75, 3.05) is 11.4 Å². The molecule has 0 saturated carbocycles. The third-order valence-electron chi connectivity index (χ3n) is 5.10. The predicted octanol–water partition coefficient (Wildman–Crippen LogP) is 4.49. The van der Waals surface area contributed by atoms with Gasteiger partial charge in [-0.3, -0.25) is 9.69 Å². The maximum absolute atomic E-state index is 13.4. The van der Waals surface area contributed by atoms with Gasteiger partial charge in [0, 0.05) is 22.8 Å². The summed E-state index contributed by atoms with van der Waals surface area (Å²) in [7, 11) is 0. The Labute approximate surface area is 168 Å². The lowest BCUT2D eigenvalue weighted by molar-refractivity contribution is 0.0989. The van der Waals surface area contributed by atoms with Crippen LogP contribution >= 0.6 is 11.3 Å². The number of hydrogen-bond acceptors (Lipinski definition) is 5. The SMILES string of the molecule is C=CCN(C(=O)c1cc2cnn(C(C)C)c2nc1C)c1nc2c(s1)CCCC2. The van der Waals surface area contributed by atoms with Crippen molar-refractivity contribution in [1.29, 1.82) is 0 Å². The fraction of sp³-hybridized carbons (Fsp3) is 0.429. The molecule has 4 rings (SSSR count). The van der Waals surface area contributed by atoms with E-state index in [2.05, 4.69) is 30.5 Å². The van der Waals surface area contributed by atoms with E-state index in [9.17, 15) is 4.79 Å². The molecule has 3 aromatic rings. The number of aromatic nitrogens is 4. The molecule has 6 nitrogen and oxygen atoms in total. The Balaban J connectivity index is 1.74. The molecule has 1 aliphatic carbocycles. The lowest BCUT2D eigenvalue weighted by atomic mass is 10.0. The summed E-state index contributed by atoms with van der Waals surface area (Å²) in [6.45, 7) is 10.3. The molecule has 0 spiro atoms. The zero-order chi connectivity index (χ0) is 19.8. The molecule has 3 aromatic heterocycles. The first kappa shape index (κ1) is 18.8. The van der Waals surface area contributed by atoms with Gasteiger partial charge in [-0.05, 0) is 52.5 Å². The summed E-state index contributed by atoms with van der Waals surface area (Å²) in [5.41, 5.74) is 3.25. The normalized spacial score (nSPS) is 13.7. The number of aryl methyl sites for hydroxylation is 3. The summed E-state index contributed by atoms with van der Waals surface area (Å²) in [4.78, 5) is 25.9. The van der Waals surface area contributed by atoms with Crippen LogP contribution in [0.4, 0.5) is 5.13 Å². The van der Waals surface area contributed by atoms with Crippen LogP contribution in [0, 0.1) is 6.92 Å². The molecule has 0 aromatic carbocycles. The lowest BCUT2D eigenvalue weighted by Gasteiger charge is -2.19. The number of fused-ring (bicyclic) bond motifs is 2. The van der Waals surface area contributed by atoms with E-state index >= 15 is 0 Å². The number of carbonyl (C=O) groups is 1. The number of anilines is 1. The molecular weight excluding hydrogens is 370 g/mol. The Kier molecular flexibility index (Phi) is 5.02. The highest BCUT2D eigenvalue weighted by molar-refractivity contribution is 7.16. The molecule has 0 bridgehead atoms. The van der Waals surface area contributed by atoms with E-state index < -0.39 is 0 Å². The maximum Gasteiger partial charge on any atom is 0.262 e. The largest absolute Gasteiger partial charge is 0.280 e. The second kappa shape index (κ2) is 7.47. The topological polar surface area (TPSA) is 63.9 Å². The monoisotopic (exact) mass is 395 g/mol. The first-order chi connectivity index (χ1) is 13.5. The summed E-state index contributed by atoms with van der Waals surface area (Å²) in [5.74, 6) is -0.0878. The summed E-state index contributed by atoms with van der Waals surface area (Å²) in [6.07, 6.45) is 7.95. The van der Waals surface area contributed by atoms with Crippen LogP contribution in [-0.4, -0.2) is 32.2 Å². The average Bonchev–Trinajstić information content (AvgIpc) is 3.28. The summed E-state index contributed by atoms with van der Waals surface area (Å²) in [5, 5.41) is 6.06. The Bertz CT molecular complexity index is 1030. The molecule has 28 heavy (non-hydrogen) atoms. The summed E-state index contributed by atoms with van der Waals surface area (Å²) in [6, 6.07) is 2.11. The van der Waals surface area contributed by atoms with Gasteiger partial charge < -0.3 is 0 Å². The Hall–Kier alpha value is -2.54. The molecule has 7 heteroatoms. The standard InChI is InChI=1S/C21H25N5OS/c1-5-10-25(21-24-17-8-6-7-9-18(17)28-21)20(27)16-11-15-12-22-26(13(2)3)19(15)23-14(16)4/h5,11-13H,1,6-10H2,2-4H3. The Morgan fingerprint density at radius 3 is 2.86 bits per heavy atom. The van der Waals surface area contributed by atoms with E-state index in [0.29, 0.717) is 17.8 Å². The van der Waals surface area contributed by atoms with E-state index in [1.165, 1.54) is 17.7 Å². The number of amides is 1. The number of hydrogen-bond donors (Lipinski definition) is 0. The number of thiazole rings is 1. The second-order valence-corrected chi connectivity index (χ2v) is 8.56. The zero-order valence-electron chi connectivity index (χ0n) is 16.6. The molecule has 0 N–H and O–H groups in total. The van der Waals surface area contributed by atoms with Gasteiger partial charge in [-0.1, -0.05) is 6.08 Å². The van der Waals surface area contributed by atoms with Crippen molar-refractivity contribution < 1.29 is 4.79 Å². The van der Waals surface area contributed by atoms with Gasteiger partial charge in [0.2, 0.25) is 0 Å². The van der Waals surface area contributed by atoms with Crippen molar-refractivity contribution in [3.05, 3.63) is 46.7 Å². The van der Waals surface area contributed by atoms with Crippen LogP contribution in [0.15, 0.2) is 24.9 Å². The van der Waals surface area contributed by atoms with E-state index in [4.69, 9.17) is 4.98 Å². The smallest absolute Gasteiger partial charge is 0.262 e. The third kappa shape index (κ3) is 3.24. The predicted molar refractivity (Wildman–Crippen MR) is 113 cm³/mol. The van der Waals surface area contributed by atoms with Crippen LogP contribution in [0.1, 0.15) is 59.4 Å². The van der Waals surface area contributed by atoms with Crippen LogP contribution in [0.2, 0.25) is 0 Å². The van der Waals surface area contributed by atoms with Crippen molar-refractivity contribution >= 4 is 33.4 Å². The Morgan fingerprint density at radius 1 is 1.36 bits per heavy atom. The summed E-state index contributed by atoms with van der Waals surface area (Å²) < 4.78 is 1.88. The van der Waals surface area contributed by atoms with Crippen molar-refractivity contribution in [3.63, 3.8) is 0 Å². The van der Waals surface area contributed by atoms with Crippen LogP contribution < -0.4 is 4.90 Å². The Morgan fingerprint density at radius 2 is 2.14 bits per heavy atom. The number of rotatable bonds is 5. The highest BCUT2D eigenvalue weighted by Gasteiger charge is 2.25. The van der Waals surface area contributed by atoms with Gasteiger partial charge in [0.05, 0.1) is 23.1 Å². The van der Waals surface area contributed by atoms with Crippen molar-refractivity contribution in [2.24, 2.45) is 0 Å². The minimum Gasteiger partial charge on any atom is -0.280 e. The van der Waals surface area contributed by atoms with Crippen molar-refractivity contribution in [1.82, 2.24) is 19.7 Å². The molecule has 0 saturated heterocycles. The van der Waals surface area contributed by atoms with Crippen LogP contribution in [0.25, 0.3) is 11.0 Å². The zero-order valence-corrected chi connectivity index (χ0v) is 17.4. The first-order valence-corrected chi connectivity index (χ1v) is 10.6. The molecule has 0 radical (unpaired) electrons. The highest BCUT2D eigenvalue weighted by Crippen LogP contribution is 2.33. The van der Waals surface area contributed by atoms with Crippen LogP contribution in [0.3, 0.4) is 0 Å². The molecule has 3 heterocycles. The third-order valence-corrected chi connectivity index (χ3v) is 6.28. The molecule has 0 unspecified atom stereocenters. The van der Waals surface area contributed by atoms with Gasteiger partial charge in [0.15, 0.2) is 10.8 Å². The van der Waals surface area contributed by atoms with E-state index in [-0.39, 0.29) is 11.9 Å². The fourth-order valence-corrected chi connectivity index (χ4v) is 4.79. The molecule has 0 fully saturated rings. The van der Waals surface area contributed by atoms with Crippen molar-refractivity contribution in [2.45, 2.75) is 52.5 Å². The maximum atomic E-state index is 13.4. The van der Waals surface area contributed by atoms with Crippen molar-refractivity contribution in [3.8, 4) is 0 Å². The minimum absolute atomic E-state index is 0.0878. The van der Waals surface area contributed by atoms with E-state index in [0.717, 1.165) is 34.7 Å². The molecule has 1 amide bonds. The van der Waals surface area contributed by atoms with E-state index in [1.807, 2.05) is 17.7 Å². The quantitative estimate of drug-likeness (QED) is 0.597. The second-order valence-electron chi connectivity index (χ2n) is 7.49. The van der Waals surface area contributed by atoms with Gasteiger partial charge >= 0.3 is 0 Å². The number of nitrogens with zero attached hydrogens (tertiary/aromatic N) is 5. The van der Waals surface area contributed by atoms with Gasteiger partial charge in [0.1, 0.15) is 0 Å². The minimum atomic E-state index is -0.0878. The highest BCUT2D eigenvalue weighted by atomic mass is 32.1. The van der Waals surface area contributed by atoms with Gasteiger partial charge in [-0.25, -0.2) is 14.6 Å². The lowest BCUT2D eigenvalue weighted by Crippen LogP contribution is -2.31. The molecule has 1 aliphatic rings.